The SMILES string of the molecule is CC(C)c1cc(C#N)cc(-c2cc(C(F)(F)F)cc(C(F)(F)F)c2)c1. The van der Waals surface area contributed by atoms with Gasteiger partial charge in [-0.05, 0) is 52.9 Å². The zero-order valence-electron chi connectivity index (χ0n) is 13.3. The fourth-order valence-corrected chi connectivity index (χ4v) is 2.34. The molecule has 132 valence electrons. The summed E-state index contributed by atoms with van der Waals surface area (Å²) in [5.41, 5.74) is -2.04. The highest BCUT2D eigenvalue weighted by Crippen LogP contribution is 2.39. The lowest BCUT2D eigenvalue weighted by Gasteiger charge is -2.15. The standard InChI is InChI=1S/C18H13F6N/c1-10(2)12-3-11(9-25)4-13(5-12)14-6-15(17(19,20)21)8-16(7-14)18(22,23)24/h3-8,10H,1-2H3. The molecule has 25 heavy (non-hydrogen) atoms. The van der Waals surface area contributed by atoms with Crippen LogP contribution in [0.15, 0.2) is 36.4 Å². The van der Waals surface area contributed by atoms with E-state index in [9.17, 15) is 26.3 Å². The van der Waals surface area contributed by atoms with Gasteiger partial charge in [0.05, 0.1) is 22.8 Å². The quantitative estimate of drug-likeness (QED) is 0.572. The Labute approximate surface area is 140 Å². The highest BCUT2D eigenvalue weighted by atomic mass is 19.4. The maximum atomic E-state index is 13.0. The molecule has 0 saturated carbocycles. The van der Waals surface area contributed by atoms with E-state index < -0.39 is 23.5 Å². The summed E-state index contributed by atoms with van der Waals surface area (Å²) in [7, 11) is 0. The van der Waals surface area contributed by atoms with Gasteiger partial charge >= 0.3 is 12.4 Å². The molecule has 0 bridgehead atoms. The number of halogens is 6. The van der Waals surface area contributed by atoms with Crippen molar-refractivity contribution in [2.75, 3.05) is 0 Å². The predicted octanol–water partition coefficient (Wildman–Crippen LogP) is 6.39. The third-order valence-corrected chi connectivity index (χ3v) is 3.67. The maximum absolute atomic E-state index is 13.0. The molecule has 7 heteroatoms. The van der Waals surface area contributed by atoms with Crippen LogP contribution in [0.2, 0.25) is 0 Å². The number of rotatable bonds is 2. The molecular weight excluding hydrogens is 344 g/mol. The van der Waals surface area contributed by atoms with Crippen LogP contribution in [-0.2, 0) is 12.4 Å². The first-order valence-electron chi connectivity index (χ1n) is 7.26. The number of hydrogen-bond donors (Lipinski definition) is 0. The predicted molar refractivity (Wildman–Crippen MR) is 80.7 cm³/mol. The smallest absolute Gasteiger partial charge is 0.192 e. The minimum Gasteiger partial charge on any atom is -0.192 e. The molecule has 0 atom stereocenters. The molecule has 0 aromatic heterocycles. The van der Waals surface area contributed by atoms with Crippen molar-refractivity contribution in [2.24, 2.45) is 0 Å². The Morgan fingerprint density at radius 3 is 1.64 bits per heavy atom. The van der Waals surface area contributed by atoms with Gasteiger partial charge in [-0.2, -0.15) is 31.6 Å². The van der Waals surface area contributed by atoms with Crippen LogP contribution < -0.4 is 0 Å². The molecule has 2 aromatic rings. The van der Waals surface area contributed by atoms with E-state index in [0.29, 0.717) is 17.7 Å². The van der Waals surface area contributed by atoms with Gasteiger partial charge in [-0.25, -0.2) is 0 Å². The summed E-state index contributed by atoms with van der Waals surface area (Å²) in [6, 6.07) is 7.63. The Hall–Kier alpha value is -2.49. The van der Waals surface area contributed by atoms with E-state index >= 15 is 0 Å². The Balaban J connectivity index is 2.74. The molecule has 0 radical (unpaired) electrons. The lowest BCUT2D eigenvalue weighted by Crippen LogP contribution is -2.11. The van der Waals surface area contributed by atoms with Crippen molar-refractivity contribution in [3.05, 3.63) is 58.7 Å². The van der Waals surface area contributed by atoms with Crippen molar-refractivity contribution < 1.29 is 26.3 Å². The van der Waals surface area contributed by atoms with Crippen molar-refractivity contribution >= 4 is 0 Å². The number of benzene rings is 2. The first-order chi connectivity index (χ1) is 11.4. The van der Waals surface area contributed by atoms with Gasteiger partial charge in [-0.3, -0.25) is 0 Å². The third-order valence-electron chi connectivity index (χ3n) is 3.67. The van der Waals surface area contributed by atoms with Crippen molar-refractivity contribution in [3.63, 3.8) is 0 Å². The van der Waals surface area contributed by atoms with Crippen LogP contribution in [0.5, 0.6) is 0 Å². The maximum Gasteiger partial charge on any atom is 0.416 e. The molecule has 0 fully saturated rings. The van der Waals surface area contributed by atoms with E-state index in [4.69, 9.17) is 5.26 Å². The van der Waals surface area contributed by atoms with Crippen LogP contribution in [0, 0.1) is 11.3 Å². The second kappa shape index (κ2) is 6.43. The summed E-state index contributed by atoms with van der Waals surface area (Å²) in [5.74, 6) is -0.0417. The van der Waals surface area contributed by atoms with Gasteiger partial charge < -0.3 is 0 Å². The van der Waals surface area contributed by atoms with Crippen LogP contribution in [0.1, 0.15) is 42.0 Å². The molecule has 0 aliphatic carbocycles. The summed E-state index contributed by atoms with van der Waals surface area (Å²) in [4.78, 5) is 0. The van der Waals surface area contributed by atoms with Crippen molar-refractivity contribution in [3.8, 4) is 17.2 Å². The monoisotopic (exact) mass is 357 g/mol. The molecule has 0 spiro atoms. The highest BCUT2D eigenvalue weighted by molar-refractivity contribution is 5.68. The topological polar surface area (TPSA) is 23.8 Å². The zero-order valence-corrected chi connectivity index (χ0v) is 13.3. The minimum absolute atomic E-state index is 0.0417. The van der Waals surface area contributed by atoms with Crippen LogP contribution >= 0.6 is 0 Å². The van der Waals surface area contributed by atoms with Crippen LogP contribution in [0.3, 0.4) is 0 Å². The summed E-state index contributed by atoms with van der Waals surface area (Å²) in [6.07, 6.45) is -9.83. The second-order valence-electron chi connectivity index (χ2n) is 5.90. The van der Waals surface area contributed by atoms with Gasteiger partial charge in [-0.1, -0.05) is 19.9 Å². The number of nitrogens with zero attached hydrogens (tertiary/aromatic N) is 1. The lowest BCUT2D eigenvalue weighted by atomic mass is 9.93. The zero-order chi connectivity index (χ0) is 19.0. The molecule has 0 aliphatic rings. The summed E-state index contributed by atoms with van der Waals surface area (Å²) in [6.45, 7) is 3.63. The van der Waals surface area contributed by atoms with Crippen LogP contribution in [0.4, 0.5) is 26.3 Å². The molecule has 0 aliphatic heterocycles. The number of alkyl halides is 6. The Morgan fingerprint density at radius 1 is 0.760 bits per heavy atom. The lowest BCUT2D eigenvalue weighted by molar-refractivity contribution is -0.143. The first kappa shape index (κ1) is 18.8. The van der Waals surface area contributed by atoms with Gasteiger partial charge in [0.2, 0.25) is 0 Å². The molecule has 0 amide bonds. The number of nitriles is 1. The molecule has 1 nitrogen and oxygen atoms in total. The average molecular weight is 357 g/mol. The molecule has 0 saturated heterocycles. The molecule has 0 heterocycles. The van der Waals surface area contributed by atoms with Gasteiger partial charge in [0.15, 0.2) is 0 Å². The van der Waals surface area contributed by atoms with Gasteiger partial charge in [0, 0.05) is 0 Å². The summed E-state index contributed by atoms with van der Waals surface area (Å²) < 4.78 is 77.9. The van der Waals surface area contributed by atoms with Crippen molar-refractivity contribution in [2.45, 2.75) is 32.1 Å². The molecule has 2 rings (SSSR count). The normalized spacial score (nSPS) is 12.3. The summed E-state index contributed by atoms with van der Waals surface area (Å²) >= 11 is 0. The van der Waals surface area contributed by atoms with E-state index in [1.807, 2.05) is 19.9 Å². The molecule has 2 aromatic carbocycles. The largest absolute Gasteiger partial charge is 0.416 e. The van der Waals surface area contributed by atoms with E-state index in [1.165, 1.54) is 12.1 Å². The summed E-state index contributed by atoms with van der Waals surface area (Å²) in [5, 5.41) is 9.07. The van der Waals surface area contributed by atoms with Crippen LogP contribution in [0.25, 0.3) is 11.1 Å². The number of hydrogen-bond acceptors (Lipinski definition) is 1. The van der Waals surface area contributed by atoms with E-state index in [1.54, 1.807) is 6.07 Å². The third kappa shape index (κ3) is 4.32. The highest BCUT2D eigenvalue weighted by Gasteiger charge is 2.37. The van der Waals surface area contributed by atoms with Crippen LogP contribution in [-0.4, -0.2) is 0 Å². The van der Waals surface area contributed by atoms with Crippen molar-refractivity contribution in [1.29, 1.82) is 5.26 Å². The Bertz CT molecular complexity index is 793. The van der Waals surface area contributed by atoms with Gasteiger partial charge in [0.1, 0.15) is 0 Å². The molecule has 0 unspecified atom stereocenters. The first-order valence-corrected chi connectivity index (χ1v) is 7.26. The fraction of sp³-hybridized carbons (Fsp3) is 0.278. The second-order valence-corrected chi connectivity index (χ2v) is 5.90. The fourth-order valence-electron chi connectivity index (χ4n) is 2.34. The van der Waals surface area contributed by atoms with E-state index in [-0.39, 0.29) is 28.7 Å². The van der Waals surface area contributed by atoms with E-state index in [0.717, 1.165) is 0 Å². The van der Waals surface area contributed by atoms with Crippen molar-refractivity contribution in [1.82, 2.24) is 0 Å². The molecule has 0 N–H and O–H groups in total. The minimum atomic E-state index is -4.91. The van der Waals surface area contributed by atoms with Gasteiger partial charge in [0.25, 0.3) is 0 Å². The van der Waals surface area contributed by atoms with E-state index in [2.05, 4.69) is 0 Å². The van der Waals surface area contributed by atoms with Gasteiger partial charge in [-0.15, -0.1) is 0 Å². The average Bonchev–Trinajstić information content (AvgIpc) is 2.52. The molecular formula is C18H13F6N. The Morgan fingerprint density at radius 2 is 1.24 bits per heavy atom. The Kier molecular flexibility index (Phi) is 4.85.